The van der Waals surface area contributed by atoms with E-state index in [0.717, 1.165) is 25.9 Å². The lowest BCUT2D eigenvalue weighted by molar-refractivity contribution is -0.126. The van der Waals surface area contributed by atoms with Crippen LogP contribution in [0.3, 0.4) is 0 Å². The second-order valence-corrected chi connectivity index (χ2v) is 10.7. The van der Waals surface area contributed by atoms with Gasteiger partial charge in [-0.2, -0.15) is 4.31 Å². The Morgan fingerprint density at radius 2 is 1.71 bits per heavy atom. The summed E-state index contributed by atoms with van der Waals surface area (Å²) in [6.45, 7) is 4.22. The molecular weight excluding hydrogens is 473 g/mol. The van der Waals surface area contributed by atoms with E-state index in [1.807, 2.05) is 6.07 Å². The van der Waals surface area contributed by atoms with Crippen LogP contribution in [0, 0.1) is 11.7 Å². The third-order valence-electron chi connectivity index (χ3n) is 6.41. The molecule has 10 heteroatoms. The van der Waals surface area contributed by atoms with Crippen molar-refractivity contribution in [3.8, 4) is 5.75 Å². The van der Waals surface area contributed by atoms with Crippen LogP contribution in [0.5, 0.6) is 5.75 Å². The van der Waals surface area contributed by atoms with Gasteiger partial charge in [-0.1, -0.05) is 18.2 Å². The second kappa shape index (κ2) is 11.9. The third-order valence-corrected chi connectivity index (χ3v) is 8.32. The molecule has 2 heterocycles. The minimum atomic E-state index is -3.53. The van der Waals surface area contributed by atoms with Crippen molar-refractivity contribution in [1.82, 2.24) is 14.5 Å². The predicted octanol–water partition coefficient (Wildman–Crippen LogP) is 2.25. The van der Waals surface area contributed by atoms with Gasteiger partial charge in [0, 0.05) is 31.1 Å². The van der Waals surface area contributed by atoms with E-state index in [1.54, 1.807) is 24.3 Å². The number of benzene rings is 2. The summed E-state index contributed by atoms with van der Waals surface area (Å²) in [4.78, 5) is 14.9. The van der Waals surface area contributed by atoms with Gasteiger partial charge in [-0.15, -0.1) is 0 Å². The van der Waals surface area contributed by atoms with Crippen molar-refractivity contribution in [2.75, 3.05) is 52.5 Å². The monoisotopic (exact) mass is 505 g/mol. The average Bonchev–Trinajstić information content (AvgIpc) is 2.89. The number of halogens is 1. The smallest absolute Gasteiger partial charge is 0.243 e. The zero-order chi connectivity index (χ0) is 24.7. The minimum Gasteiger partial charge on any atom is -0.492 e. The van der Waals surface area contributed by atoms with Crippen LogP contribution in [0.25, 0.3) is 0 Å². The average molecular weight is 506 g/mol. The Hall–Kier alpha value is -2.53. The molecule has 4 rings (SSSR count). The number of piperidine rings is 1. The van der Waals surface area contributed by atoms with Gasteiger partial charge >= 0.3 is 0 Å². The number of rotatable bonds is 9. The topological polar surface area (TPSA) is 88.2 Å². The molecule has 2 aromatic carbocycles. The first-order chi connectivity index (χ1) is 16.9. The molecule has 0 aromatic heterocycles. The number of likely N-dealkylation sites (tertiary alicyclic amines) is 1. The van der Waals surface area contributed by atoms with Gasteiger partial charge in [-0.05, 0) is 56.3 Å². The van der Waals surface area contributed by atoms with Gasteiger partial charge in [-0.25, -0.2) is 12.8 Å². The molecule has 8 nitrogen and oxygen atoms in total. The van der Waals surface area contributed by atoms with Gasteiger partial charge in [-0.3, -0.25) is 9.69 Å². The summed E-state index contributed by atoms with van der Waals surface area (Å²) in [7, 11) is -3.53. The molecule has 0 atom stereocenters. The van der Waals surface area contributed by atoms with Gasteiger partial charge in [0.15, 0.2) is 0 Å². The fourth-order valence-corrected chi connectivity index (χ4v) is 5.76. The Balaban J connectivity index is 1.16. The first-order valence-corrected chi connectivity index (χ1v) is 13.4. The molecule has 1 amide bonds. The number of carbonyl (C=O) groups is 1. The Morgan fingerprint density at radius 1 is 1.03 bits per heavy atom. The third kappa shape index (κ3) is 6.78. The molecule has 2 aliphatic rings. The van der Waals surface area contributed by atoms with Gasteiger partial charge < -0.3 is 14.8 Å². The number of nitrogens with one attached hydrogen (secondary N) is 1. The van der Waals surface area contributed by atoms with E-state index >= 15 is 0 Å². The molecule has 0 aliphatic carbocycles. The number of ether oxygens (including phenoxy) is 2. The molecule has 0 saturated carbocycles. The Labute approximate surface area is 206 Å². The molecule has 0 unspecified atom stereocenters. The van der Waals surface area contributed by atoms with Crippen LogP contribution < -0.4 is 10.1 Å². The lowest BCUT2D eigenvalue weighted by atomic mass is 9.95. The number of hydrogen-bond acceptors (Lipinski definition) is 6. The van der Waals surface area contributed by atoms with Crippen LogP contribution in [0.4, 0.5) is 4.39 Å². The molecule has 0 radical (unpaired) electrons. The fraction of sp³-hybridized carbons (Fsp3) is 0.480. The number of morpholine rings is 1. The first-order valence-electron chi connectivity index (χ1n) is 12.0. The van der Waals surface area contributed by atoms with Crippen molar-refractivity contribution in [1.29, 1.82) is 0 Å². The Kier molecular flexibility index (Phi) is 8.72. The zero-order valence-corrected chi connectivity index (χ0v) is 20.5. The number of hydrogen-bond donors (Lipinski definition) is 1. The molecule has 35 heavy (non-hydrogen) atoms. The standard InChI is InChI=1S/C25H32FN3O5S/c26-24-4-2-1-3-21(24)19-28-12-9-20(10-13-28)25(30)27-11-16-34-22-5-7-23(8-6-22)35(31,32)29-14-17-33-18-15-29/h1-8,20H,9-19H2,(H,27,30). The Bertz CT molecular complexity index is 1080. The maximum Gasteiger partial charge on any atom is 0.243 e. The molecular formula is C25H32FN3O5S. The van der Waals surface area contributed by atoms with Gasteiger partial charge in [0.2, 0.25) is 15.9 Å². The summed E-state index contributed by atoms with van der Waals surface area (Å²) in [6.07, 6.45) is 1.47. The molecule has 2 fully saturated rings. The maximum absolute atomic E-state index is 13.9. The molecule has 2 saturated heterocycles. The summed E-state index contributed by atoms with van der Waals surface area (Å²) in [5.41, 5.74) is 0.680. The van der Waals surface area contributed by atoms with Crippen LogP contribution in [0.15, 0.2) is 53.4 Å². The van der Waals surface area contributed by atoms with Crippen molar-refractivity contribution in [2.45, 2.75) is 24.3 Å². The van der Waals surface area contributed by atoms with E-state index < -0.39 is 10.0 Å². The minimum absolute atomic E-state index is 0.00564. The normalized spacial score (nSPS) is 18.3. The Morgan fingerprint density at radius 3 is 2.40 bits per heavy atom. The summed E-state index contributed by atoms with van der Waals surface area (Å²) in [5.74, 6) is 0.296. The molecule has 2 aromatic rings. The van der Waals surface area contributed by atoms with Crippen LogP contribution in [0.2, 0.25) is 0 Å². The van der Waals surface area contributed by atoms with Crippen molar-refractivity contribution in [3.63, 3.8) is 0 Å². The summed E-state index contributed by atoms with van der Waals surface area (Å²) in [6, 6.07) is 13.1. The van der Waals surface area contributed by atoms with Crippen LogP contribution in [-0.4, -0.2) is 76.1 Å². The van der Waals surface area contributed by atoms with E-state index in [-0.39, 0.29) is 29.1 Å². The van der Waals surface area contributed by atoms with Gasteiger partial charge in [0.1, 0.15) is 18.2 Å². The van der Waals surface area contributed by atoms with Crippen molar-refractivity contribution in [2.24, 2.45) is 5.92 Å². The summed E-state index contributed by atoms with van der Waals surface area (Å²) in [5, 5.41) is 2.92. The van der Waals surface area contributed by atoms with Crippen molar-refractivity contribution >= 4 is 15.9 Å². The number of amides is 1. The van der Waals surface area contributed by atoms with E-state index in [4.69, 9.17) is 9.47 Å². The van der Waals surface area contributed by atoms with E-state index in [9.17, 15) is 17.6 Å². The number of sulfonamides is 1. The van der Waals surface area contributed by atoms with Crippen LogP contribution in [-0.2, 0) is 26.1 Å². The van der Waals surface area contributed by atoms with E-state index in [2.05, 4.69) is 10.2 Å². The highest BCUT2D eigenvalue weighted by Gasteiger charge is 2.27. The molecule has 0 spiro atoms. The second-order valence-electron chi connectivity index (χ2n) is 8.77. The highest BCUT2D eigenvalue weighted by atomic mass is 32.2. The largest absolute Gasteiger partial charge is 0.492 e. The highest BCUT2D eigenvalue weighted by molar-refractivity contribution is 7.89. The van der Waals surface area contributed by atoms with Crippen molar-refractivity contribution < 1.29 is 27.1 Å². The lowest BCUT2D eigenvalue weighted by Crippen LogP contribution is -2.41. The number of carbonyl (C=O) groups excluding carboxylic acids is 1. The fourth-order valence-electron chi connectivity index (χ4n) is 4.35. The van der Waals surface area contributed by atoms with Crippen LogP contribution >= 0.6 is 0 Å². The predicted molar refractivity (Wildman–Crippen MR) is 129 cm³/mol. The summed E-state index contributed by atoms with van der Waals surface area (Å²) < 4.78 is 51.5. The molecule has 1 N–H and O–H groups in total. The van der Waals surface area contributed by atoms with Gasteiger partial charge in [0.05, 0.1) is 24.7 Å². The van der Waals surface area contributed by atoms with E-state index in [1.165, 1.54) is 22.5 Å². The summed E-state index contributed by atoms with van der Waals surface area (Å²) >= 11 is 0. The molecule has 2 aliphatic heterocycles. The van der Waals surface area contributed by atoms with Crippen molar-refractivity contribution in [3.05, 3.63) is 59.9 Å². The van der Waals surface area contributed by atoms with Gasteiger partial charge in [0.25, 0.3) is 0 Å². The lowest BCUT2D eigenvalue weighted by Gasteiger charge is -2.31. The van der Waals surface area contributed by atoms with E-state index in [0.29, 0.717) is 50.7 Å². The molecule has 0 bridgehead atoms. The number of nitrogens with zero attached hydrogens (tertiary/aromatic N) is 2. The quantitative estimate of drug-likeness (QED) is 0.526. The highest BCUT2D eigenvalue weighted by Crippen LogP contribution is 2.21. The first kappa shape index (κ1) is 25.6. The maximum atomic E-state index is 13.9. The zero-order valence-electron chi connectivity index (χ0n) is 19.7. The van der Waals surface area contributed by atoms with Crippen LogP contribution in [0.1, 0.15) is 18.4 Å². The SMILES string of the molecule is O=C(NCCOc1ccc(S(=O)(=O)N2CCOCC2)cc1)C1CCN(Cc2ccccc2F)CC1. The molecule has 190 valence electrons.